The normalized spacial score (nSPS) is 26.5. The number of benzene rings is 1. The van der Waals surface area contributed by atoms with Crippen LogP contribution in [0.25, 0.3) is 11.3 Å². The predicted molar refractivity (Wildman–Crippen MR) is 82.9 cm³/mol. The van der Waals surface area contributed by atoms with Gasteiger partial charge in [-0.2, -0.15) is 0 Å². The van der Waals surface area contributed by atoms with Gasteiger partial charge in [-0.15, -0.1) is 5.10 Å². The van der Waals surface area contributed by atoms with Gasteiger partial charge in [0.25, 0.3) is 0 Å². The molecule has 2 fully saturated rings. The van der Waals surface area contributed by atoms with Crippen molar-refractivity contribution in [2.75, 3.05) is 13.1 Å². The van der Waals surface area contributed by atoms with Gasteiger partial charge in [0.2, 0.25) is 0 Å². The van der Waals surface area contributed by atoms with E-state index in [0.29, 0.717) is 12.1 Å². The summed E-state index contributed by atoms with van der Waals surface area (Å²) >= 11 is 0. The van der Waals surface area contributed by atoms with Crippen molar-refractivity contribution in [2.45, 2.75) is 44.2 Å². The number of rotatable bonds is 2. The molecule has 2 aliphatic rings. The highest BCUT2D eigenvalue weighted by atomic mass is 15.4. The number of fused-ring (bicyclic) bond motifs is 1. The van der Waals surface area contributed by atoms with Crippen LogP contribution in [0.15, 0.2) is 36.5 Å². The van der Waals surface area contributed by atoms with Gasteiger partial charge in [-0.25, -0.2) is 4.68 Å². The summed E-state index contributed by atoms with van der Waals surface area (Å²) < 4.78 is 2.13. The molecule has 2 unspecified atom stereocenters. The van der Waals surface area contributed by atoms with Crippen molar-refractivity contribution in [3.63, 3.8) is 0 Å². The van der Waals surface area contributed by atoms with Gasteiger partial charge in [0.15, 0.2) is 0 Å². The van der Waals surface area contributed by atoms with E-state index < -0.39 is 0 Å². The second kappa shape index (κ2) is 5.60. The maximum atomic E-state index is 4.45. The molecule has 2 atom stereocenters. The molecule has 3 heterocycles. The summed E-state index contributed by atoms with van der Waals surface area (Å²) in [5.74, 6) is 0. The first kappa shape index (κ1) is 13.0. The second-order valence-corrected chi connectivity index (χ2v) is 6.26. The summed E-state index contributed by atoms with van der Waals surface area (Å²) in [6.45, 7) is 2.53. The van der Waals surface area contributed by atoms with Gasteiger partial charge in [0.05, 0.1) is 12.2 Å². The van der Waals surface area contributed by atoms with Crippen molar-refractivity contribution in [2.24, 2.45) is 0 Å². The fourth-order valence-electron chi connectivity index (χ4n) is 3.91. The van der Waals surface area contributed by atoms with E-state index in [1.807, 2.05) is 6.07 Å². The first-order chi connectivity index (χ1) is 10.4. The summed E-state index contributed by atoms with van der Waals surface area (Å²) in [6, 6.07) is 11.5. The SMILES string of the molecule is c1ccc(-c2cn(C3CCCN4CCCCC34)nn2)cc1. The molecule has 1 aromatic heterocycles. The highest BCUT2D eigenvalue weighted by Gasteiger charge is 2.34. The van der Waals surface area contributed by atoms with Gasteiger partial charge in [-0.05, 0) is 38.8 Å². The third kappa shape index (κ3) is 2.48. The molecule has 4 nitrogen and oxygen atoms in total. The van der Waals surface area contributed by atoms with Crippen LogP contribution in [0.2, 0.25) is 0 Å². The number of hydrogen-bond acceptors (Lipinski definition) is 3. The summed E-state index contributed by atoms with van der Waals surface area (Å²) in [7, 11) is 0. The van der Waals surface area contributed by atoms with Crippen molar-refractivity contribution < 1.29 is 0 Å². The molecule has 2 saturated heterocycles. The van der Waals surface area contributed by atoms with Crippen LogP contribution in [-0.4, -0.2) is 39.0 Å². The van der Waals surface area contributed by atoms with E-state index >= 15 is 0 Å². The van der Waals surface area contributed by atoms with Gasteiger partial charge in [0, 0.05) is 11.6 Å². The Morgan fingerprint density at radius 3 is 2.62 bits per heavy atom. The molecular weight excluding hydrogens is 260 g/mol. The average molecular weight is 282 g/mol. The monoisotopic (exact) mass is 282 g/mol. The molecule has 0 N–H and O–H groups in total. The molecule has 110 valence electrons. The van der Waals surface area contributed by atoms with Gasteiger partial charge >= 0.3 is 0 Å². The largest absolute Gasteiger partial charge is 0.298 e. The first-order valence-corrected chi connectivity index (χ1v) is 8.13. The zero-order chi connectivity index (χ0) is 14.1. The molecule has 0 bridgehead atoms. The van der Waals surface area contributed by atoms with Gasteiger partial charge in [-0.3, -0.25) is 4.90 Å². The van der Waals surface area contributed by atoms with Gasteiger partial charge in [0.1, 0.15) is 5.69 Å². The lowest BCUT2D eigenvalue weighted by molar-refractivity contribution is 0.0587. The lowest BCUT2D eigenvalue weighted by Crippen LogP contribution is -2.48. The van der Waals surface area contributed by atoms with E-state index in [4.69, 9.17) is 0 Å². The molecule has 21 heavy (non-hydrogen) atoms. The van der Waals surface area contributed by atoms with Gasteiger partial charge < -0.3 is 0 Å². The first-order valence-electron chi connectivity index (χ1n) is 8.13. The zero-order valence-corrected chi connectivity index (χ0v) is 12.4. The minimum atomic E-state index is 0.504. The molecular formula is C17H22N4. The molecule has 2 aromatic rings. The fraction of sp³-hybridized carbons (Fsp3) is 0.529. The smallest absolute Gasteiger partial charge is 0.113 e. The minimum Gasteiger partial charge on any atom is -0.298 e. The van der Waals surface area contributed by atoms with Crippen LogP contribution in [0, 0.1) is 0 Å². The lowest BCUT2D eigenvalue weighted by atomic mass is 9.89. The summed E-state index contributed by atoms with van der Waals surface area (Å²) in [5, 5.41) is 8.84. The number of aromatic nitrogens is 3. The Bertz CT molecular complexity index is 590. The highest BCUT2D eigenvalue weighted by molar-refractivity contribution is 5.57. The standard InChI is InChI=1S/C17H22N4/c1-2-7-14(8-3-1)15-13-21(19-18-15)17-10-6-12-20-11-5-4-9-16(17)20/h1-3,7-8,13,16-17H,4-6,9-12H2. The predicted octanol–water partition coefficient (Wildman–Crippen LogP) is 3.13. The van der Waals surface area contributed by atoms with Gasteiger partial charge in [-0.1, -0.05) is 42.0 Å². The van der Waals surface area contributed by atoms with E-state index in [0.717, 1.165) is 11.3 Å². The third-order valence-electron chi connectivity index (χ3n) is 4.97. The molecule has 0 aliphatic carbocycles. The van der Waals surface area contributed by atoms with Crippen LogP contribution in [0.3, 0.4) is 0 Å². The Morgan fingerprint density at radius 1 is 0.905 bits per heavy atom. The molecule has 0 radical (unpaired) electrons. The van der Waals surface area contributed by atoms with E-state index in [9.17, 15) is 0 Å². The summed E-state index contributed by atoms with van der Waals surface area (Å²) in [5.41, 5.74) is 2.14. The number of piperidine rings is 2. The quantitative estimate of drug-likeness (QED) is 0.848. The maximum absolute atomic E-state index is 4.45. The van der Waals surface area contributed by atoms with Crippen LogP contribution < -0.4 is 0 Å². The minimum absolute atomic E-state index is 0.504. The fourth-order valence-corrected chi connectivity index (χ4v) is 3.91. The molecule has 0 saturated carbocycles. The Kier molecular flexibility index (Phi) is 3.47. The van der Waals surface area contributed by atoms with E-state index in [2.05, 4.69) is 50.4 Å². The van der Waals surface area contributed by atoms with E-state index in [1.54, 1.807) is 0 Å². The second-order valence-electron chi connectivity index (χ2n) is 6.26. The Hall–Kier alpha value is -1.68. The van der Waals surface area contributed by atoms with Crippen molar-refractivity contribution in [1.29, 1.82) is 0 Å². The van der Waals surface area contributed by atoms with Crippen LogP contribution in [0.5, 0.6) is 0 Å². The zero-order valence-electron chi connectivity index (χ0n) is 12.4. The van der Waals surface area contributed by atoms with E-state index in [-0.39, 0.29) is 0 Å². The average Bonchev–Trinajstić information content (AvgIpc) is 3.05. The van der Waals surface area contributed by atoms with Crippen molar-refractivity contribution in [1.82, 2.24) is 19.9 Å². The van der Waals surface area contributed by atoms with E-state index in [1.165, 1.54) is 45.2 Å². The molecule has 0 spiro atoms. The molecule has 1 aromatic carbocycles. The van der Waals surface area contributed by atoms with Crippen molar-refractivity contribution >= 4 is 0 Å². The Balaban J connectivity index is 1.60. The van der Waals surface area contributed by atoms with Crippen LogP contribution >= 0.6 is 0 Å². The Labute approximate surface area is 125 Å². The van der Waals surface area contributed by atoms with Crippen LogP contribution in [-0.2, 0) is 0 Å². The highest BCUT2D eigenvalue weighted by Crippen LogP contribution is 2.34. The third-order valence-corrected chi connectivity index (χ3v) is 4.97. The summed E-state index contributed by atoms with van der Waals surface area (Å²) in [4.78, 5) is 2.67. The molecule has 0 amide bonds. The summed E-state index contributed by atoms with van der Waals surface area (Å²) in [6.07, 6.45) is 8.68. The topological polar surface area (TPSA) is 34.0 Å². The molecule has 4 heteroatoms. The number of nitrogens with zero attached hydrogens (tertiary/aromatic N) is 4. The van der Waals surface area contributed by atoms with Crippen molar-refractivity contribution in [3.05, 3.63) is 36.5 Å². The molecule has 2 aliphatic heterocycles. The Morgan fingerprint density at radius 2 is 1.71 bits per heavy atom. The van der Waals surface area contributed by atoms with Crippen molar-refractivity contribution in [3.8, 4) is 11.3 Å². The van der Waals surface area contributed by atoms with Crippen LogP contribution in [0.1, 0.15) is 38.1 Å². The molecule has 4 rings (SSSR count). The number of hydrogen-bond donors (Lipinski definition) is 0. The maximum Gasteiger partial charge on any atom is 0.113 e. The lowest BCUT2D eigenvalue weighted by Gasteiger charge is -2.44. The van der Waals surface area contributed by atoms with Crippen LogP contribution in [0.4, 0.5) is 0 Å².